The average Bonchev–Trinajstić information content (AvgIpc) is 2.63. The largest absolute Gasteiger partial charge is 0.388 e. The number of hydrogen-bond donors (Lipinski definition) is 2. The van der Waals surface area contributed by atoms with E-state index in [1.165, 1.54) is 0 Å². The molecule has 0 saturated heterocycles. The highest BCUT2D eigenvalue weighted by atomic mass is 16.2. The summed E-state index contributed by atoms with van der Waals surface area (Å²) < 4.78 is 0. The van der Waals surface area contributed by atoms with Crippen LogP contribution >= 0.6 is 0 Å². The second-order valence-electron chi connectivity index (χ2n) is 5.91. The zero-order valence-corrected chi connectivity index (χ0v) is 12.0. The van der Waals surface area contributed by atoms with Crippen LogP contribution in [-0.2, 0) is 11.2 Å². The molecule has 0 saturated carbocycles. The zero-order chi connectivity index (χ0) is 14.0. The van der Waals surface area contributed by atoms with Gasteiger partial charge in [-0.15, -0.1) is 0 Å². The van der Waals surface area contributed by atoms with Gasteiger partial charge in [-0.2, -0.15) is 0 Å². The molecule has 2 rings (SSSR count). The normalized spacial score (nSPS) is 14.7. The van der Waals surface area contributed by atoms with E-state index in [9.17, 15) is 4.79 Å². The Morgan fingerprint density at radius 2 is 2.16 bits per heavy atom. The van der Waals surface area contributed by atoms with E-state index in [4.69, 9.17) is 5.73 Å². The molecule has 0 unspecified atom stereocenters. The maximum absolute atomic E-state index is 12.1. The number of rotatable bonds is 5. The molecule has 19 heavy (non-hydrogen) atoms. The van der Waals surface area contributed by atoms with Gasteiger partial charge in [0, 0.05) is 30.5 Å². The number of fused-ring (bicyclic) bond motifs is 1. The Bertz CT molecular complexity index is 477. The van der Waals surface area contributed by atoms with Crippen LogP contribution in [-0.4, -0.2) is 25.0 Å². The smallest absolute Gasteiger partial charge is 0.231 e. The SMILES string of the molecule is CNc1ccc2c(c1)CC(=O)N2CCCC(C)(C)N. The number of nitrogens with two attached hydrogens (primary N) is 1. The molecule has 1 heterocycles. The molecule has 4 heteroatoms. The highest BCUT2D eigenvalue weighted by molar-refractivity contribution is 6.01. The molecule has 0 aromatic heterocycles. The molecule has 1 aliphatic heterocycles. The molecule has 0 spiro atoms. The summed E-state index contributed by atoms with van der Waals surface area (Å²) in [5.74, 6) is 0.193. The van der Waals surface area contributed by atoms with Crippen molar-refractivity contribution >= 4 is 17.3 Å². The van der Waals surface area contributed by atoms with Gasteiger partial charge >= 0.3 is 0 Å². The van der Waals surface area contributed by atoms with Gasteiger partial charge in [-0.05, 0) is 50.5 Å². The lowest BCUT2D eigenvalue weighted by Gasteiger charge is -2.22. The molecule has 0 aliphatic carbocycles. The third-order valence-electron chi connectivity index (χ3n) is 3.50. The number of anilines is 2. The Morgan fingerprint density at radius 1 is 1.42 bits per heavy atom. The second-order valence-corrected chi connectivity index (χ2v) is 5.91. The Labute approximate surface area is 115 Å². The van der Waals surface area contributed by atoms with Crippen molar-refractivity contribution in [3.8, 4) is 0 Å². The van der Waals surface area contributed by atoms with E-state index < -0.39 is 0 Å². The molecule has 104 valence electrons. The quantitative estimate of drug-likeness (QED) is 0.853. The summed E-state index contributed by atoms with van der Waals surface area (Å²) in [6.45, 7) is 4.79. The van der Waals surface area contributed by atoms with E-state index in [-0.39, 0.29) is 11.4 Å². The Morgan fingerprint density at radius 3 is 2.79 bits per heavy atom. The first-order valence-corrected chi connectivity index (χ1v) is 6.80. The molecule has 3 N–H and O–H groups in total. The van der Waals surface area contributed by atoms with Crippen LogP contribution in [0.4, 0.5) is 11.4 Å². The highest BCUT2D eigenvalue weighted by Gasteiger charge is 2.27. The number of amides is 1. The first kappa shape index (κ1) is 13.9. The van der Waals surface area contributed by atoms with Crippen molar-refractivity contribution in [1.82, 2.24) is 0 Å². The van der Waals surface area contributed by atoms with Gasteiger partial charge in [0.2, 0.25) is 5.91 Å². The van der Waals surface area contributed by atoms with Gasteiger partial charge in [-0.25, -0.2) is 0 Å². The van der Waals surface area contributed by atoms with Crippen LogP contribution in [0.15, 0.2) is 18.2 Å². The van der Waals surface area contributed by atoms with Crippen molar-refractivity contribution in [1.29, 1.82) is 0 Å². The number of nitrogens with zero attached hydrogens (tertiary/aromatic N) is 1. The minimum atomic E-state index is -0.165. The standard InChI is InChI=1S/C15H23N3O/c1-15(2,16)7-4-8-18-13-6-5-12(17-3)9-11(13)10-14(18)19/h5-6,9,17H,4,7-8,10,16H2,1-3H3. The predicted octanol–water partition coefficient (Wildman–Crippen LogP) is 2.13. The number of carbonyl (C=O) groups is 1. The van der Waals surface area contributed by atoms with Gasteiger partial charge in [0.1, 0.15) is 0 Å². The van der Waals surface area contributed by atoms with Crippen molar-refractivity contribution < 1.29 is 4.79 Å². The molecule has 1 aromatic carbocycles. The Kier molecular flexibility index (Phi) is 3.80. The number of nitrogens with one attached hydrogen (secondary N) is 1. The first-order chi connectivity index (χ1) is 8.90. The fourth-order valence-corrected chi connectivity index (χ4v) is 2.48. The van der Waals surface area contributed by atoms with Crippen molar-refractivity contribution in [3.05, 3.63) is 23.8 Å². The molecule has 0 fully saturated rings. The summed E-state index contributed by atoms with van der Waals surface area (Å²) >= 11 is 0. The topological polar surface area (TPSA) is 58.4 Å². The molecule has 0 radical (unpaired) electrons. The molecular formula is C15H23N3O. The van der Waals surface area contributed by atoms with E-state index in [0.29, 0.717) is 6.42 Å². The van der Waals surface area contributed by atoms with Gasteiger partial charge in [-0.3, -0.25) is 4.79 Å². The Hall–Kier alpha value is -1.55. The lowest BCUT2D eigenvalue weighted by atomic mass is 10.00. The van der Waals surface area contributed by atoms with E-state index in [1.807, 2.05) is 37.9 Å². The van der Waals surface area contributed by atoms with E-state index in [1.54, 1.807) is 0 Å². The van der Waals surface area contributed by atoms with Crippen LogP contribution in [0.3, 0.4) is 0 Å². The van der Waals surface area contributed by atoms with E-state index in [2.05, 4.69) is 11.4 Å². The van der Waals surface area contributed by atoms with Gasteiger partial charge in [0.15, 0.2) is 0 Å². The average molecular weight is 261 g/mol. The second kappa shape index (κ2) is 5.21. The van der Waals surface area contributed by atoms with Gasteiger partial charge in [-0.1, -0.05) is 0 Å². The van der Waals surface area contributed by atoms with Gasteiger partial charge in [0.05, 0.1) is 6.42 Å². The monoisotopic (exact) mass is 261 g/mol. The summed E-state index contributed by atoms with van der Waals surface area (Å²) in [7, 11) is 1.89. The van der Waals surface area contributed by atoms with Crippen LogP contribution in [0.25, 0.3) is 0 Å². The van der Waals surface area contributed by atoms with E-state index in [0.717, 1.165) is 36.3 Å². The van der Waals surface area contributed by atoms with Crippen LogP contribution in [0.5, 0.6) is 0 Å². The number of hydrogen-bond acceptors (Lipinski definition) is 3. The minimum Gasteiger partial charge on any atom is -0.388 e. The molecule has 1 aliphatic rings. The summed E-state index contributed by atoms with van der Waals surface area (Å²) in [5, 5.41) is 3.10. The van der Waals surface area contributed by atoms with Crippen LogP contribution in [0.1, 0.15) is 32.3 Å². The molecule has 0 atom stereocenters. The zero-order valence-electron chi connectivity index (χ0n) is 12.0. The van der Waals surface area contributed by atoms with E-state index >= 15 is 0 Å². The van der Waals surface area contributed by atoms with Crippen molar-refractivity contribution in [2.24, 2.45) is 5.73 Å². The summed E-state index contributed by atoms with van der Waals surface area (Å²) in [4.78, 5) is 14.0. The summed E-state index contributed by atoms with van der Waals surface area (Å²) in [6, 6.07) is 6.09. The lowest BCUT2D eigenvalue weighted by molar-refractivity contribution is -0.117. The third kappa shape index (κ3) is 3.26. The molecule has 4 nitrogen and oxygen atoms in total. The van der Waals surface area contributed by atoms with Gasteiger partial charge in [0.25, 0.3) is 0 Å². The molecule has 1 amide bonds. The fourth-order valence-electron chi connectivity index (χ4n) is 2.48. The van der Waals surface area contributed by atoms with Gasteiger partial charge < -0.3 is 16.0 Å². The third-order valence-corrected chi connectivity index (χ3v) is 3.50. The molecular weight excluding hydrogens is 238 g/mol. The minimum absolute atomic E-state index is 0.165. The van der Waals surface area contributed by atoms with Crippen molar-refractivity contribution in [2.45, 2.75) is 38.6 Å². The summed E-state index contributed by atoms with van der Waals surface area (Å²) in [5.41, 5.74) is 9.03. The van der Waals surface area contributed by atoms with Crippen LogP contribution in [0.2, 0.25) is 0 Å². The number of carbonyl (C=O) groups excluding carboxylic acids is 1. The predicted molar refractivity (Wildman–Crippen MR) is 79.5 cm³/mol. The maximum Gasteiger partial charge on any atom is 0.231 e. The number of benzene rings is 1. The Balaban J connectivity index is 2.06. The molecule has 0 bridgehead atoms. The lowest BCUT2D eigenvalue weighted by Crippen LogP contribution is -2.34. The van der Waals surface area contributed by atoms with Crippen molar-refractivity contribution in [3.63, 3.8) is 0 Å². The summed E-state index contributed by atoms with van der Waals surface area (Å²) in [6.07, 6.45) is 2.36. The molecule has 1 aromatic rings. The van der Waals surface area contributed by atoms with Crippen LogP contribution < -0.4 is 16.0 Å². The fraction of sp³-hybridized carbons (Fsp3) is 0.533. The highest BCUT2D eigenvalue weighted by Crippen LogP contribution is 2.31. The maximum atomic E-state index is 12.1. The van der Waals surface area contributed by atoms with Crippen molar-refractivity contribution in [2.75, 3.05) is 23.8 Å². The van der Waals surface area contributed by atoms with Crippen LogP contribution in [0, 0.1) is 0 Å². The first-order valence-electron chi connectivity index (χ1n) is 6.80.